The Bertz CT molecular complexity index is 859. The lowest BCUT2D eigenvalue weighted by atomic mass is 9.76. The van der Waals surface area contributed by atoms with E-state index in [1.165, 1.54) is 92.9 Å². The molecule has 2 aromatic carbocycles. The molecule has 0 saturated heterocycles. The Kier molecular flexibility index (Phi) is 11.2. The molecule has 0 aromatic heterocycles. The zero-order chi connectivity index (χ0) is 24.2. The summed E-state index contributed by atoms with van der Waals surface area (Å²) in [5.41, 5.74) is 5.30. The third kappa shape index (κ3) is 8.29. The van der Waals surface area contributed by atoms with Crippen LogP contribution in [0.3, 0.4) is 0 Å². The van der Waals surface area contributed by atoms with E-state index in [0.29, 0.717) is 12.2 Å². The summed E-state index contributed by atoms with van der Waals surface area (Å²) in [5, 5.41) is 0. The highest BCUT2D eigenvalue weighted by Crippen LogP contribution is 2.39. The van der Waals surface area contributed by atoms with Crippen molar-refractivity contribution in [1.82, 2.24) is 0 Å². The standard InChI is InChI=1S/C32H46O2/c1-4-6-8-9-11-13-32(33)34-30-21-18-28(19-22-30)31-23-20-29(24-25(31)3)27-16-14-26(15-17-27)12-10-7-5-2/h18-24,26-27H,4-17H2,1-3H3/t26-,27-. The minimum atomic E-state index is -0.120. The van der Waals surface area contributed by atoms with E-state index in [4.69, 9.17) is 4.74 Å². The minimum Gasteiger partial charge on any atom is -0.427 e. The number of ether oxygens (including phenoxy) is 1. The molecule has 0 atom stereocenters. The van der Waals surface area contributed by atoms with E-state index in [2.05, 4.69) is 51.1 Å². The van der Waals surface area contributed by atoms with Gasteiger partial charge in [0, 0.05) is 6.42 Å². The lowest BCUT2D eigenvalue weighted by Gasteiger charge is -2.29. The average Bonchev–Trinajstić information content (AvgIpc) is 2.85. The number of benzene rings is 2. The third-order valence-electron chi connectivity index (χ3n) is 7.67. The summed E-state index contributed by atoms with van der Waals surface area (Å²) in [6.45, 7) is 6.72. The second-order valence-corrected chi connectivity index (χ2v) is 10.5. The van der Waals surface area contributed by atoms with E-state index in [9.17, 15) is 4.79 Å². The fourth-order valence-electron chi connectivity index (χ4n) is 5.49. The molecule has 1 aliphatic carbocycles. The van der Waals surface area contributed by atoms with Crippen LogP contribution in [-0.2, 0) is 4.79 Å². The van der Waals surface area contributed by atoms with Crippen LogP contribution in [0.1, 0.15) is 121 Å². The highest BCUT2D eigenvalue weighted by atomic mass is 16.5. The third-order valence-corrected chi connectivity index (χ3v) is 7.67. The monoisotopic (exact) mass is 462 g/mol. The number of rotatable bonds is 13. The van der Waals surface area contributed by atoms with Crippen molar-refractivity contribution < 1.29 is 9.53 Å². The van der Waals surface area contributed by atoms with Crippen molar-refractivity contribution >= 4 is 5.97 Å². The van der Waals surface area contributed by atoms with Gasteiger partial charge < -0.3 is 4.74 Å². The van der Waals surface area contributed by atoms with Gasteiger partial charge in [-0.2, -0.15) is 0 Å². The highest BCUT2D eigenvalue weighted by molar-refractivity contribution is 5.73. The smallest absolute Gasteiger partial charge is 0.311 e. The number of aryl methyl sites for hydroxylation is 1. The molecule has 1 fully saturated rings. The molecule has 186 valence electrons. The first-order chi connectivity index (χ1) is 16.6. The van der Waals surface area contributed by atoms with E-state index in [-0.39, 0.29) is 5.97 Å². The van der Waals surface area contributed by atoms with E-state index in [1.54, 1.807) is 0 Å². The number of esters is 1. The zero-order valence-corrected chi connectivity index (χ0v) is 21.9. The summed E-state index contributed by atoms with van der Waals surface area (Å²) in [4.78, 5) is 12.1. The van der Waals surface area contributed by atoms with Gasteiger partial charge in [0.05, 0.1) is 0 Å². The molecule has 0 N–H and O–H groups in total. The summed E-state index contributed by atoms with van der Waals surface area (Å²) >= 11 is 0. The zero-order valence-electron chi connectivity index (χ0n) is 21.9. The van der Waals surface area contributed by atoms with Crippen molar-refractivity contribution in [2.75, 3.05) is 0 Å². The Balaban J connectivity index is 1.50. The molecule has 0 spiro atoms. The highest BCUT2D eigenvalue weighted by Gasteiger charge is 2.22. The van der Waals surface area contributed by atoms with Crippen molar-refractivity contribution in [3.05, 3.63) is 53.6 Å². The van der Waals surface area contributed by atoms with Crippen LogP contribution in [0.25, 0.3) is 11.1 Å². The van der Waals surface area contributed by atoms with Crippen LogP contribution in [0.5, 0.6) is 5.75 Å². The second kappa shape index (κ2) is 14.3. The summed E-state index contributed by atoms with van der Waals surface area (Å²) in [6.07, 6.45) is 17.3. The molecule has 1 aliphatic rings. The molecule has 0 radical (unpaired) electrons. The summed E-state index contributed by atoms with van der Waals surface area (Å²) in [5.74, 6) is 2.20. The summed E-state index contributed by atoms with van der Waals surface area (Å²) < 4.78 is 5.54. The van der Waals surface area contributed by atoms with Crippen LogP contribution in [-0.4, -0.2) is 5.97 Å². The molecule has 2 nitrogen and oxygen atoms in total. The second-order valence-electron chi connectivity index (χ2n) is 10.5. The Labute approximate surface area is 208 Å². The van der Waals surface area contributed by atoms with Crippen molar-refractivity contribution in [2.45, 2.75) is 117 Å². The predicted octanol–water partition coefficient (Wildman–Crippen LogP) is 9.78. The van der Waals surface area contributed by atoms with Crippen molar-refractivity contribution in [3.8, 4) is 16.9 Å². The number of carbonyl (C=O) groups is 1. The predicted molar refractivity (Wildman–Crippen MR) is 144 cm³/mol. The van der Waals surface area contributed by atoms with Crippen LogP contribution < -0.4 is 4.74 Å². The van der Waals surface area contributed by atoms with Gasteiger partial charge in [-0.1, -0.05) is 95.5 Å². The number of unbranched alkanes of at least 4 members (excludes halogenated alkanes) is 6. The van der Waals surface area contributed by atoms with Crippen LogP contribution >= 0.6 is 0 Å². The van der Waals surface area contributed by atoms with Gasteiger partial charge in [0.15, 0.2) is 0 Å². The summed E-state index contributed by atoms with van der Waals surface area (Å²) in [7, 11) is 0. The fourth-order valence-corrected chi connectivity index (χ4v) is 5.49. The maximum atomic E-state index is 12.1. The topological polar surface area (TPSA) is 26.3 Å². The quantitative estimate of drug-likeness (QED) is 0.168. The van der Waals surface area contributed by atoms with Gasteiger partial charge in [0.25, 0.3) is 0 Å². The molecule has 2 aromatic rings. The number of carbonyl (C=O) groups excluding carboxylic acids is 1. The summed E-state index contributed by atoms with van der Waals surface area (Å²) in [6, 6.07) is 15.0. The molecule has 3 rings (SSSR count). The van der Waals surface area contributed by atoms with Gasteiger partial charge in [-0.05, 0) is 85.3 Å². The van der Waals surface area contributed by atoms with Gasteiger partial charge in [0.2, 0.25) is 0 Å². The average molecular weight is 463 g/mol. The molecule has 34 heavy (non-hydrogen) atoms. The molecule has 1 saturated carbocycles. The van der Waals surface area contributed by atoms with Gasteiger partial charge in [0.1, 0.15) is 5.75 Å². The molecule has 0 amide bonds. The van der Waals surface area contributed by atoms with E-state index < -0.39 is 0 Å². The molecule has 0 bridgehead atoms. The number of hydrogen-bond acceptors (Lipinski definition) is 2. The van der Waals surface area contributed by atoms with Crippen molar-refractivity contribution in [1.29, 1.82) is 0 Å². The normalized spacial score (nSPS) is 18.1. The van der Waals surface area contributed by atoms with Crippen LogP contribution in [0.2, 0.25) is 0 Å². The largest absolute Gasteiger partial charge is 0.427 e. The fraction of sp³-hybridized carbons (Fsp3) is 0.594. The van der Waals surface area contributed by atoms with Crippen molar-refractivity contribution in [3.63, 3.8) is 0 Å². The molecule has 2 heteroatoms. The van der Waals surface area contributed by atoms with Gasteiger partial charge >= 0.3 is 5.97 Å². The molecule has 0 heterocycles. The SMILES string of the molecule is CCCCCCCC(=O)Oc1ccc(-c2ccc([C@H]3CC[C@H](CCCCC)CC3)cc2C)cc1. The van der Waals surface area contributed by atoms with Crippen LogP contribution in [0.15, 0.2) is 42.5 Å². The van der Waals surface area contributed by atoms with Gasteiger partial charge in [-0.15, -0.1) is 0 Å². The maximum absolute atomic E-state index is 12.1. The first kappa shape index (κ1) is 26.5. The molecule has 0 unspecified atom stereocenters. The van der Waals surface area contributed by atoms with E-state index >= 15 is 0 Å². The lowest BCUT2D eigenvalue weighted by molar-refractivity contribution is -0.134. The van der Waals surface area contributed by atoms with Crippen molar-refractivity contribution in [2.24, 2.45) is 5.92 Å². The molecular formula is C32H46O2. The van der Waals surface area contributed by atoms with Crippen LogP contribution in [0.4, 0.5) is 0 Å². The van der Waals surface area contributed by atoms with Gasteiger partial charge in [-0.25, -0.2) is 0 Å². The minimum absolute atomic E-state index is 0.120. The molecular weight excluding hydrogens is 416 g/mol. The van der Waals surface area contributed by atoms with Gasteiger partial charge in [-0.3, -0.25) is 4.79 Å². The number of hydrogen-bond donors (Lipinski definition) is 0. The Morgan fingerprint density at radius 1 is 0.824 bits per heavy atom. The molecule has 0 aliphatic heterocycles. The Morgan fingerprint density at radius 2 is 1.50 bits per heavy atom. The van der Waals surface area contributed by atoms with E-state index in [0.717, 1.165) is 24.7 Å². The Morgan fingerprint density at radius 3 is 2.18 bits per heavy atom. The Hall–Kier alpha value is -2.09. The first-order valence-corrected chi connectivity index (χ1v) is 14.0. The first-order valence-electron chi connectivity index (χ1n) is 14.0. The van der Waals surface area contributed by atoms with E-state index in [1.807, 2.05) is 12.1 Å². The lowest BCUT2D eigenvalue weighted by Crippen LogP contribution is -2.13. The maximum Gasteiger partial charge on any atom is 0.311 e. The van der Waals surface area contributed by atoms with Crippen LogP contribution in [0, 0.1) is 12.8 Å².